The lowest BCUT2D eigenvalue weighted by Gasteiger charge is -2.37. The van der Waals surface area contributed by atoms with Crippen LogP contribution in [0, 0.1) is 5.82 Å². The van der Waals surface area contributed by atoms with Gasteiger partial charge in [-0.25, -0.2) is 14.2 Å². The van der Waals surface area contributed by atoms with Crippen LogP contribution in [0.4, 0.5) is 10.3 Å². The lowest BCUT2D eigenvalue weighted by Crippen LogP contribution is -2.55. The number of carboxylic acids is 1. The highest BCUT2D eigenvalue weighted by atomic mass is 19.1. The second-order valence-electron chi connectivity index (χ2n) is 5.56. The van der Waals surface area contributed by atoms with E-state index in [1.165, 1.54) is 37.4 Å². The van der Waals surface area contributed by atoms with Crippen LogP contribution in [-0.2, 0) is 9.53 Å². The number of anilines is 1. The third kappa shape index (κ3) is 3.43. The summed E-state index contributed by atoms with van der Waals surface area (Å²) in [6.07, 6.45) is 1.52. The van der Waals surface area contributed by atoms with Crippen LogP contribution in [0.15, 0.2) is 36.5 Å². The lowest BCUT2D eigenvalue weighted by atomic mass is 10.1. The number of ether oxygens (including phenoxy) is 2. The van der Waals surface area contributed by atoms with E-state index in [-0.39, 0.29) is 24.8 Å². The first-order valence-corrected chi connectivity index (χ1v) is 7.35. The zero-order valence-electron chi connectivity index (χ0n) is 13.0. The molecule has 3 rings (SSSR count). The van der Waals surface area contributed by atoms with Crippen molar-refractivity contribution in [2.45, 2.75) is 12.5 Å². The number of morpholine rings is 1. The van der Waals surface area contributed by atoms with Gasteiger partial charge >= 0.3 is 5.97 Å². The zero-order chi connectivity index (χ0) is 17.2. The maximum atomic E-state index is 12.9. The van der Waals surface area contributed by atoms with Gasteiger partial charge in [0.25, 0.3) is 0 Å². The highest BCUT2D eigenvalue weighted by Gasteiger charge is 2.40. The minimum atomic E-state index is -1.31. The largest absolute Gasteiger partial charge is 0.479 e. The number of aromatic nitrogens is 2. The fourth-order valence-electron chi connectivity index (χ4n) is 2.34. The molecule has 1 aliphatic rings. The number of nitrogens with zero attached hydrogens (tertiary/aromatic N) is 3. The minimum Gasteiger partial charge on any atom is -0.479 e. The maximum Gasteiger partial charge on any atom is 0.337 e. The molecular formula is C16H16FN3O4. The Kier molecular flexibility index (Phi) is 4.30. The number of hydrogen-bond donors (Lipinski definition) is 1. The number of carboxylic acid groups (broad SMARTS) is 1. The van der Waals surface area contributed by atoms with Crippen molar-refractivity contribution >= 4 is 11.9 Å². The van der Waals surface area contributed by atoms with E-state index >= 15 is 0 Å². The van der Waals surface area contributed by atoms with Crippen LogP contribution in [0.5, 0.6) is 11.6 Å². The Morgan fingerprint density at radius 3 is 2.83 bits per heavy atom. The smallest absolute Gasteiger partial charge is 0.337 e. The van der Waals surface area contributed by atoms with Crippen molar-refractivity contribution in [2.24, 2.45) is 0 Å². The van der Waals surface area contributed by atoms with Gasteiger partial charge in [0, 0.05) is 18.8 Å². The molecular weight excluding hydrogens is 317 g/mol. The summed E-state index contributed by atoms with van der Waals surface area (Å²) >= 11 is 0. The van der Waals surface area contributed by atoms with Gasteiger partial charge in [0.15, 0.2) is 5.60 Å². The molecule has 2 heterocycles. The molecule has 8 heteroatoms. The molecule has 1 atom stereocenters. The van der Waals surface area contributed by atoms with Gasteiger partial charge in [-0.3, -0.25) is 0 Å². The number of halogens is 1. The third-order valence-electron chi connectivity index (χ3n) is 3.66. The molecule has 0 bridgehead atoms. The van der Waals surface area contributed by atoms with E-state index < -0.39 is 11.6 Å². The summed E-state index contributed by atoms with van der Waals surface area (Å²) < 4.78 is 23.8. The number of rotatable bonds is 4. The summed E-state index contributed by atoms with van der Waals surface area (Å²) in [4.78, 5) is 21.5. The molecule has 1 fully saturated rings. The molecule has 126 valence electrons. The molecule has 0 saturated carbocycles. The van der Waals surface area contributed by atoms with Crippen molar-refractivity contribution in [3.05, 3.63) is 42.3 Å². The summed E-state index contributed by atoms with van der Waals surface area (Å²) in [5.41, 5.74) is -1.31. The number of carbonyl (C=O) groups is 1. The lowest BCUT2D eigenvalue weighted by molar-refractivity contribution is -0.164. The van der Waals surface area contributed by atoms with Crippen molar-refractivity contribution in [2.75, 3.05) is 24.6 Å². The summed E-state index contributed by atoms with van der Waals surface area (Å²) in [5.74, 6) is -0.308. The van der Waals surface area contributed by atoms with Gasteiger partial charge in [-0.1, -0.05) is 0 Å². The predicted molar refractivity (Wildman–Crippen MR) is 82.7 cm³/mol. The Hall–Kier alpha value is -2.74. The van der Waals surface area contributed by atoms with Gasteiger partial charge in [-0.2, -0.15) is 4.98 Å². The van der Waals surface area contributed by atoms with Crippen LogP contribution in [0.2, 0.25) is 0 Å². The first kappa shape index (κ1) is 16.1. The van der Waals surface area contributed by atoms with Crippen LogP contribution in [0.1, 0.15) is 6.92 Å². The van der Waals surface area contributed by atoms with Crippen LogP contribution >= 0.6 is 0 Å². The molecule has 1 aromatic carbocycles. The van der Waals surface area contributed by atoms with E-state index in [1.54, 1.807) is 11.0 Å². The second-order valence-corrected chi connectivity index (χ2v) is 5.56. The minimum absolute atomic E-state index is 0.127. The summed E-state index contributed by atoms with van der Waals surface area (Å²) in [6.45, 7) is 2.38. The van der Waals surface area contributed by atoms with E-state index in [9.17, 15) is 14.3 Å². The number of benzene rings is 1. The Bertz CT molecular complexity index is 740. The van der Waals surface area contributed by atoms with E-state index in [2.05, 4.69) is 9.97 Å². The average molecular weight is 333 g/mol. The second kappa shape index (κ2) is 6.40. The molecule has 1 N–H and O–H groups in total. The Morgan fingerprint density at radius 1 is 1.38 bits per heavy atom. The Labute approximate surface area is 137 Å². The summed E-state index contributed by atoms with van der Waals surface area (Å²) in [6, 6.07) is 7.14. The van der Waals surface area contributed by atoms with E-state index in [1.807, 2.05) is 0 Å². The first-order valence-electron chi connectivity index (χ1n) is 7.35. The normalized spacial score (nSPS) is 20.7. The highest BCUT2D eigenvalue weighted by Crippen LogP contribution is 2.24. The van der Waals surface area contributed by atoms with Crippen molar-refractivity contribution < 1.29 is 23.8 Å². The molecule has 1 aromatic heterocycles. The molecule has 0 aliphatic carbocycles. The van der Waals surface area contributed by atoms with Gasteiger partial charge in [0.2, 0.25) is 11.8 Å². The molecule has 1 aliphatic heterocycles. The topological polar surface area (TPSA) is 84.8 Å². The maximum absolute atomic E-state index is 12.9. The summed E-state index contributed by atoms with van der Waals surface area (Å²) in [7, 11) is 0. The summed E-state index contributed by atoms with van der Waals surface area (Å²) in [5, 5.41) is 9.29. The standard InChI is InChI=1S/C16H16FN3O4/c1-16(14(21)22)10-20(8-9-23-16)15-18-7-6-13(19-15)24-12-4-2-11(17)3-5-12/h2-7H,8-10H2,1H3,(H,21,22). The zero-order valence-corrected chi connectivity index (χ0v) is 13.0. The molecule has 7 nitrogen and oxygen atoms in total. The molecule has 24 heavy (non-hydrogen) atoms. The van der Waals surface area contributed by atoms with Gasteiger partial charge in [-0.15, -0.1) is 0 Å². The van der Waals surface area contributed by atoms with Crippen molar-refractivity contribution in [3.8, 4) is 11.6 Å². The molecule has 1 saturated heterocycles. The highest BCUT2D eigenvalue weighted by molar-refractivity contribution is 5.78. The Morgan fingerprint density at radius 2 is 2.12 bits per heavy atom. The van der Waals surface area contributed by atoms with E-state index in [0.717, 1.165) is 0 Å². The molecule has 0 amide bonds. The molecule has 1 unspecified atom stereocenters. The SMILES string of the molecule is CC1(C(=O)O)CN(c2nccc(Oc3ccc(F)cc3)n2)CCO1. The van der Waals surface area contributed by atoms with Crippen LogP contribution in [0.25, 0.3) is 0 Å². The van der Waals surface area contributed by atoms with E-state index in [4.69, 9.17) is 9.47 Å². The van der Waals surface area contributed by atoms with Crippen molar-refractivity contribution in [1.82, 2.24) is 9.97 Å². The van der Waals surface area contributed by atoms with Crippen LogP contribution < -0.4 is 9.64 Å². The number of hydrogen-bond acceptors (Lipinski definition) is 6. The average Bonchev–Trinajstić information content (AvgIpc) is 2.57. The van der Waals surface area contributed by atoms with Gasteiger partial charge in [-0.05, 0) is 31.2 Å². The third-order valence-corrected chi connectivity index (χ3v) is 3.66. The van der Waals surface area contributed by atoms with Gasteiger partial charge in [0.05, 0.1) is 13.2 Å². The fourth-order valence-corrected chi connectivity index (χ4v) is 2.34. The first-order chi connectivity index (χ1) is 11.5. The quantitative estimate of drug-likeness (QED) is 0.917. The molecule has 0 radical (unpaired) electrons. The van der Waals surface area contributed by atoms with Crippen molar-refractivity contribution in [3.63, 3.8) is 0 Å². The van der Waals surface area contributed by atoms with Gasteiger partial charge < -0.3 is 19.5 Å². The van der Waals surface area contributed by atoms with Gasteiger partial charge in [0.1, 0.15) is 11.6 Å². The fraction of sp³-hybridized carbons (Fsp3) is 0.312. The molecule has 0 spiro atoms. The predicted octanol–water partition coefficient (Wildman–Crippen LogP) is 2.09. The Balaban J connectivity index is 1.77. The van der Waals surface area contributed by atoms with Crippen molar-refractivity contribution in [1.29, 1.82) is 0 Å². The van der Waals surface area contributed by atoms with Crippen LogP contribution in [-0.4, -0.2) is 46.3 Å². The monoisotopic (exact) mass is 333 g/mol. The van der Waals surface area contributed by atoms with E-state index in [0.29, 0.717) is 18.2 Å². The number of aliphatic carboxylic acids is 1. The molecule has 2 aromatic rings. The van der Waals surface area contributed by atoms with Crippen LogP contribution in [0.3, 0.4) is 0 Å².